The zero-order valence-corrected chi connectivity index (χ0v) is 11.3. The smallest absolute Gasteiger partial charge is 0.0699 e. The highest BCUT2D eigenvalue weighted by Crippen LogP contribution is 2.28. The molecule has 0 unspecified atom stereocenters. The highest BCUT2D eigenvalue weighted by atomic mass is 16.3. The Labute approximate surface area is 98.7 Å². The van der Waals surface area contributed by atoms with E-state index in [1.165, 1.54) is 5.56 Å². The van der Waals surface area contributed by atoms with Crippen molar-refractivity contribution in [2.75, 3.05) is 0 Å². The first-order valence-corrected chi connectivity index (χ1v) is 5.77. The average Bonchev–Trinajstić information content (AvgIpc) is 2.14. The van der Waals surface area contributed by atoms with Crippen LogP contribution in [0.5, 0.6) is 0 Å². The van der Waals surface area contributed by atoms with Crippen molar-refractivity contribution in [3.8, 4) is 0 Å². The topological polar surface area (TPSA) is 33.1 Å². The zero-order valence-electron chi connectivity index (χ0n) is 11.3. The van der Waals surface area contributed by atoms with Crippen LogP contribution in [0.4, 0.5) is 0 Å². The van der Waals surface area contributed by atoms with Crippen LogP contribution in [0.25, 0.3) is 0 Å². The van der Waals surface area contributed by atoms with E-state index in [1.807, 2.05) is 6.20 Å². The molecule has 1 heterocycles. The zero-order chi connectivity index (χ0) is 12.6. The first kappa shape index (κ1) is 13.2. The van der Waals surface area contributed by atoms with Gasteiger partial charge in [0.2, 0.25) is 0 Å². The van der Waals surface area contributed by atoms with E-state index in [0.717, 1.165) is 11.3 Å². The van der Waals surface area contributed by atoms with E-state index in [2.05, 4.69) is 52.6 Å². The molecule has 1 N–H and O–H groups in total. The Morgan fingerprint density at radius 2 is 1.62 bits per heavy atom. The van der Waals surface area contributed by atoms with E-state index >= 15 is 0 Å². The number of hydrogen-bond donors (Lipinski definition) is 1. The monoisotopic (exact) mass is 221 g/mol. The van der Waals surface area contributed by atoms with E-state index in [-0.39, 0.29) is 17.4 Å². The second-order valence-electron chi connectivity index (χ2n) is 6.39. The number of nitrogens with zero attached hydrogens (tertiary/aromatic N) is 1. The van der Waals surface area contributed by atoms with Gasteiger partial charge >= 0.3 is 0 Å². The van der Waals surface area contributed by atoms with E-state index in [4.69, 9.17) is 0 Å². The summed E-state index contributed by atoms with van der Waals surface area (Å²) >= 11 is 0. The van der Waals surface area contributed by atoms with Crippen molar-refractivity contribution in [2.24, 2.45) is 0 Å². The first-order chi connectivity index (χ1) is 7.16. The minimum Gasteiger partial charge on any atom is -0.392 e. The van der Waals surface area contributed by atoms with Gasteiger partial charge in [-0.25, -0.2) is 0 Å². The summed E-state index contributed by atoms with van der Waals surface area (Å²) in [5.41, 5.74) is 3.16. The molecule has 16 heavy (non-hydrogen) atoms. The Balaban J connectivity index is 3.28. The van der Waals surface area contributed by atoms with Gasteiger partial charge in [0, 0.05) is 11.6 Å². The molecule has 0 aromatic carbocycles. The maximum atomic E-state index is 9.43. The molecular formula is C14H23NO. The Morgan fingerprint density at radius 1 is 1.06 bits per heavy atom. The molecule has 0 aliphatic heterocycles. The number of pyridine rings is 1. The molecule has 1 aromatic rings. The average molecular weight is 221 g/mol. The summed E-state index contributed by atoms with van der Waals surface area (Å²) in [6.07, 6.45) is 1.93. The number of hydrogen-bond acceptors (Lipinski definition) is 2. The normalized spacial score (nSPS) is 12.9. The van der Waals surface area contributed by atoms with Crippen LogP contribution >= 0.6 is 0 Å². The van der Waals surface area contributed by atoms with Crippen molar-refractivity contribution >= 4 is 0 Å². The summed E-state index contributed by atoms with van der Waals surface area (Å²) in [4.78, 5) is 4.53. The summed E-state index contributed by atoms with van der Waals surface area (Å²) in [6.45, 7) is 12.9. The molecule has 0 spiro atoms. The second kappa shape index (κ2) is 4.17. The Bertz CT molecular complexity index is 369. The van der Waals surface area contributed by atoms with Gasteiger partial charge in [0.1, 0.15) is 0 Å². The molecule has 0 atom stereocenters. The predicted molar refractivity (Wildman–Crippen MR) is 67.6 cm³/mol. The Kier molecular flexibility index (Phi) is 3.44. The van der Waals surface area contributed by atoms with Crippen molar-refractivity contribution in [3.63, 3.8) is 0 Å². The molecule has 0 aliphatic carbocycles. The number of rotatable bonds is 1. The maximum Gasteiger partial charge on any atom is 0.0699 e. The second-order valence-corrected chi connectivity index (χ2v) is 6.39. The molecule has 0 radical (unpaired) electrons. The molecule has 0 bridgehead atoms. The Hall–Kier alpha value is -0.890. The standard InChI is InChI=1S/C14H23NO/c1-13(2,3)11-7-10(9-16)12(15-8-11)14(4,5)6/h7-8,16H,9H2,1-6H3. The summed E-state index contributed by atoms with van der Waals surface area (Å²) in [6, 6.07) is 2.08. The fourth-order valence-electron chi connectivity index (χ4n) is 1.72. The van der Waals surface area contributed by atoms with Crippen LogP contribution in [0.1, 0.15) is 58.4 Å². The van der Waals surface area contributed by atoms with Crippen molar-refractivity contribution in [1.29, 1.82) is 0 Å². The lowest BCUT2D eigenvalue weighted by atomic mass is 9.83. The van der Waals surface area contributed by atoms with Gasteiger partial charge in [-0.15, -0.1) is 0 Å². The fourth-order valence-corrected chi connectivity index (χ4v) is 1.72. The van der Waals surface area contributed by atoms with E-state index in [1.54, 1.807) is 0 Å². The van der Waals surface area contributed by atoms with Crippen LogP contribution in [0, 0.1) is 0 Å². The lowest BCUT2D eigenvalue weighted by molar-refractivity contribution is 0.277. The molecule has 1 rings (SSSR count). The molecule has 90 valence electrons. The lowest BCUT2D eigenvalue weighted by Gasteiger charge is -2.25. The van der Waals surface area contributed by atoms with E-state index < -0.39 is 0 Å². The minimum absolute atomic E-state index is 0.0194. The molecule has 1 aromatic heterocycles. The fraction of sp³-hybridized carbons (Fsp3) is 0.643. The van der Waals surface area contributed by atoms with Gasteiger partial charge in [0.15, 0.2) is 0 Å². The molecule has 0 saturated carbocycles. The van der Waals surface area contributed by atoms with Crippen molar-refractivity contribution in [3.05, 3.63) is 29.1 Å². The van der Waals surface area contributed by atoms with Gasteiger partial charge in [0.25, 0.3) is 0 Å². The molecule has 0 aliphatic rings. The van der Waals surface area contributed by atoms with E-state index in [9.17, 15) is 5.11 Å². The summed E-state index contributed by atoms with van der Waals surface area (Å²) in [5.74, 6) is 0. The molecule has 0 fully saturated rings. The summed E-state index contributed by atoms with van der Waals surface area (Å²) in [7, 11) is 0. The summed E-state index contributed by atoms with van der Waals surface area (Å²) < 4.78 is 0. The third-order valence-corrected chi connectivity index (χ3v) is 2.71. The van der Waals surface area contributed by atoms with Crippen molar-refractivity contribution < 1.29 is 5.11 Å². The van der Waals surface area contributed by atoms with Gasteiger partial charge in [0.05, 0.1) is 12.3 Å². The van der Waals surface area contributed by atoms with Gasteiger partial charge in [-0.3, -0.25) is 4.98 Å². The molecule has 2 nitrogen and oxygen atoms in total. The minimum atomic E-state index is -0.0194. The maximum absolute atomic E-state index is 9.43. The van der Waals surface area contributed by atoms with Gasteiger partial charge in [-0.05, 0) is 22.6 Å². The molecular weight excluding hydrogens is 198 g/mol. The van der Waals surface area contributed by atoms with Crippen LogP contribution in [0.3, 0.4) is 0 Å². The highest BCUT2D eigenvalue weighted by molar-refractivity contribution is 5.32. The number of aromatic nitrogens is 1. The van der Waals surface area contributed by atoms with Crippen LogP contribution in [-0.2, 0) is 17.4 Å². The molecule has 0 amide bonds. The van der Waals surface area contributed by atoms with Gasteiger partial charge < -0.3 is 5.11 Å². The molecule has 2 heteroatoms. The van der Waals surface area contributed by atoms with E-state index in [0.29, 0.717) is 0 Å². The van der Waals surface area contributed by atoms with Crippen LogP contribution in [-0.4, -0.2) is 10.1 Å². The van der Waals surface area contributed by atoms with Gasteiger partial charge in [-0.2, -0.15) is 0 Å². The summed E-state index contributed by atoms with van der Waals surface area (Å²) in [5, 5.41) is 9.43. The number of aliphatic hydroxyl groups is 1. The van der Waals surface area contributed by atoms with Crippen LogP contribution in [0.2, 0.25) is 0 Å². The van der Waals surface area contributed by atoms with Crippen molar-refractivity contribution in [1.82, 2.24) is 4.98 Å². The van der Waals surface area contributed by atoms with Crippen molar-refractivity contribution in [2.45, 2.75) is 59.0 Å². The highest BCUT2D eigenvalue weighted by Gasteiger charge is 2.22. The molecule has 0 saturated heterocycles. The predicted octanol–water partition coefficient (Wildman–Crippen LogP) is 3.17. The quantitative estimate of drug-likeness (QED) is 0.790. The lowest BCUT2D eigenvalue weighted by Crippen LogP contribution is -2.19. The third-order valence-electron chi connectivity index (χ3n) is 2.71. The largest absolute Gasteiger partial charge is 0.392 e. The van der Waals surface area contributed by atoms with Gasteiger partial charge in [-0.1, -0.05) is 41.5 Å². The SMILES string of the molecule is CC(C)(C)c1cnc(C(C)(C)C)c(CO)c1. The van der Waals surface area contributed by atoms with Crippen LogP contribution < -0.4 is 0 Å². The third kappa shape index (κ3) is 2.82. The Morgan fingerprint density at radius 3 is 2.00 bits per heavy atom. The first-order valence-electron chi connectivity index (χ1n) is 5.77. The number of aliphatic hydroxyl groups excluding tert-OH is 1. The van der Waals surface area contributed by atoms with Crippen LogP contribution in [0.15, 0.2) is 12.3 Å².